The maximum atomic E-state index is 11.6. The molecule has 5 nitrogen and oxygen atoms in total. The Morgan fingerprint density at radius 2 is 2.14 bits per heavy atom. The summed E-state index contributed by atoms with van der Waals surface area (Å²) in [5, 5.41) is 0. The van der Waals surface area contributed by atoms with Gasteiger partial charge in [0.05, 0.1) is 5.69 Å². The second-order valence-electron chi connectivity index (χ2n) is 3.02. The van der Waals surface area contributed by atoms with E-state index in [9.17, 15) is 8.42 Å². The molecule has 0 spiro atoms. The normalized spacial score (nSPS) is 18.7. The Balaban J connectivity index is 2.77. The second kappa shape index (κ2) is 2.78. The summed E-state index contributed by atoms with van der Waals surface area (Å²) < 4.78 is 26.8. The highest BCUT2D eigenvalue weighted by Crippen LogP contribution is 2.28. The lowest BCUT2D eigenvalue weighted by Crippen LogP contribution is -2.29. The van der Waals surface area contributed by atoms with Crippen LogP contribution in [0.1, 0.15) is 6.92 Å². The number of hydrogen-bond donors (Lipinski definition) is 0. The molecule has 0 saturated carbocycles. The maximum Gasteiger partial charge on any atom is 0.287 e. The summed E-state index contributed by atoms with van der Waals surface area (Å²) in [6.07, 6.45) is 2.88. The van der Waals surface area contributed by atoms with E-state index < -0.39 is 10.0 Å². The average molecular weight is 211 g/mol. The molecule has 2 heterocycles. The summed E-state index contributed by atoms with van der Waals surface area (Å²) in [4.78, 5) is 5.66. The molecule has 0 saturated heterocycles. The second-order valence-corrected chi connectivity index (χ2v) is 4.59. The van der Waals surface area contributed by atoms with Crippen LogP contribution in [0, 0.1) is 0 Å². The summed E-state index contributed by atoms with van der Waals surface area (Å²) >= 11 is 0. The fourth-order valence-electron chi connectivity index (χ4n) is 1.31. The Kier molecular flexibility index (Phi) is 1.81. The lowest BCUT2D eigenvalue weighted by molar-refractivity contribution is 0.596. The van der Waals surface area contributed by atoms with E-state index in [1.807, 2.05) is 0 Å². The van der Waals surface area contributed by atoms with Crippen molar-refractivity contribution in [1.29, 1.82) is 0 Å². The molecule has 0 radical (unpaired) electrons. The molecule has 1 aromatic rings. The van der Waals surface area contributed by atoms with Gasteiger partial charge >= 0.3 is 0 Å². The van der Waals surface area contributed by atoms with E-state index in [4.69, 9.17) is 0 Å². The molecule has 0 N–H and O–H groups in total. The molecule has 2 rings (SSSR count). The van der Waals surface area contributed by atoms with Gasteiger partial charge in [0.1, 0.15) is 10.7 Å². The van der Waals surface area contributed by atoms with Crippen LogP contribution in [-0.4, -0.2) is 26.3 Å². The Labute approximate surface area is 82.2 Å². The van der Waals surface area contributed by atoms with Gasteiger partial charge in [0, 0.05) is 19.4 Å². The number of anilines is 1. The number of pyridine rings is 1. The molecule has 1 aliphatic heterocycles. The third-order valence-corrected chi connectivity index (χ3v) is 3.51. The Bertz CT molecular complexity index is 507. The van der Waals surface area contributed by atoms with Crippen molar-refractivity contribution in [3.63, 3.8) is 0 Å². The van der Waals surface area contributed by atoms with Gasteiger partial charge in [-0.25, -0.2) is 0 Å². The van der Waals surface area contributed by atoms with Gasteiger partial charge in [-0.05, 0) is 13.0 Å². The van der Waals surface area contributed by atoms with E-state index in [0.29, 0.717) is 11.5 Å². The Morgan fingerprint density at radius 3 is 2.86 bits per heavy atom. The van der Waals surface area contributed by atoms with Crippen LogP contribution in [0.15, 0.2) is 27.8 Å². The van der Waals surface area contributed by atoms with Gasteiger partial charge in [0.2, 0.25) is 0 Å². The SMILES string of the molecule is CC1=NS(=O)(=O)c2cnccc2N1C. The third kappa shape index (κ3) is 1.19. The molecule has 0 amide bonds. The highest BCUT2D eigenvalue weighted by molar-refractivity contribution is 7.90. The van der Waals surface area contributed by atoms with Crippen molar-refractivity contribution >= 4 is 21.5 Å². The van der Waals surface area contributed by atoms with E-state index >= 15 is 0 Å². The number of aromatic nitrogens is 1. The quantitative estimate of drug-likeness (QED) is 0.631. The molecule has 1 aromatic heterocycles. The molecular formula is C8H9N3O2S. The highest BCUT2D eigenvalue weighted by atomic mass is 32.2. The monoisotopic (exact) mass is 211 g/mol. The number of rotatable bonds is 0. The summed E-state index contributed by atoms with van der Waals surface area (Å²) in [6, 6.07) is 1.66. The predicted molar refractivity (Wildman–Crippen MR) is 52.9 cm³/mol. The zero-order valence-corrected chi connectivity index (χ0v) is 8.61. The van der Waals surface area contributed by atoms with Crippen molar-refractivity contribution in [2.75, 3.05) is 11.9 Å². The van der Waals surface area contributed by atoms with Crippen LogP contribution in [0.2, 0.25) is 0 Å². The molecule has 0 unspecified atom stereocenters. The van der Waals surface area contributed by atoms with Crippen LogP contribution in [-0.2, 0) is 10.0 Å². The molecule has 0 bridgehead atoms. The standard InChI is InChI=1S/C8H9N3O2S/c1-6-10-14(12,13)8-5-9-4-3-7(8)11(6)2/h3-5H,1-2H3. The number of hydrogen-bond acceptors (Lipinski definition) is 4. The summed E-state index contributed by atoms with van der Waals surface area (Å²) in [5.41, 5.74) is 0.618. The van der Waals surface area contributed by atoms with Crippen LogP contribution in [0.3, 0.4) is 0 Å². The highest BCUT2D eigenvalue weighted by Gasteiger charge is 2.26. The van der Waals surface area contributed by atoms with Crippen molar-refractivity contribution < 1.29 is 8.42 Å². The topological polar surface area (TPSA) is 62.6 Å². The van der Waals surface area contributed by atoms with Gasteiger partial charge in [-0.3, -0.25) is 4.98 Å². The van der Waals surface area contributed by atoms with E-state index in [0.717, 1.165) is 0 Å². The largest absolute Gasteiger partial charge is 0.331 e. The Hall–Kier alpha value is -1.43. The van der Waals surface area contributed by atoms with Crippen LogP contribution >= 0.6 is 0 Å². The third-order valence-electron chi connectivity index (χ3n) is 2.14. The number of sulfonamides is 1. The fourth-order valence-corrected chi connectivity index (χ4v) is 2.54. The van der Waals surface area contributed by atoms with E-state index in [2.05, 4.69) is 9.38 Å². The van der Waals surface area contributed by atoms with Gasteiger partial charge in [-0.1, -0.05) is 0 Å². The number of fused-ring (bicyclic) bond motifs is 1. The zero-order valence-electron chi connectivity index (χ0n) is 7.80. The minimum Gasteiger partial charge on any atom is -0.331 e. The van der Waals surface area contributed by atoms with Crippen molar-refractivity contribution in [2.24, 2.45) is 4.40 Å². The van der Waals surface area contributed by atoms with Crippen molar-refractivity contribution in [2.45, 2.75) is 11.8 Å². The Morgan fingerprint density at radius 1 is 1.43 bits per heavy atom. The summed E-state index contributed by atoms with van der Waals surface area (Å²) in [7, 11) is -1.77. The zero-order chi connectivity index (χ0) is 10.3. The van der Waals surface area contributed by atoms with Gasteiger partial charge in [0.15, 0.2) is 0 Å². The van der Waals surface area contributed by atoms with Gasteiger partial charge < -0.3 is 4.90 Å². The molecule has 74 valence electrons. The van der Waals surface area contributed by atoms with Crippen molar-refractivity contribution in [3.8, 4) is 0 Å². The number of amidine groups is 1. The smallest absolute Gasteiger partial charge is 0.287 e. The van der Waals surface area contributed by atoms with Gasteiger partial charge in [-0.15, -0.1) is 4.40 Å². The molecule has 0 aromatic carbocycles. The van der Waals surface area contributed by atoms with Crippen LogP contribution < -0.4 is 4.90 Å². The summed E-state index contributed by atoms with van der Waals surface area (Å²) in [6.45, 7) is 1.65. The van der Waals surface area contributed by atoms with E-state index in [-0.39, 0.29) is 4.90 Å². The first-order valence-electron chi connectivity index (χ1n) is 4.02. The van der Waals surface area contributed by atoms with E-state index in [1.165, 1.54) is 6.20 Å². The molecule has 6 heteroatoms. The lowest BCUT2D eigenvalue weighted by Gasteiger charge is -2.24. The van der Waals surface area contributed by atoms with E-state index in [1.54, 1.807) is 31.1 Å². The van der Waals surface area contributed by atoms with Crippen LogP contribution in [0.5, 0.6) is 0 Å². The van der Waals surface area contributed by atoms with Gasteiger partial charge in [-0.2, -0.15) is 8.42 Å². The minimum absolute atomic E-state index is 0.160. The minimum atomic E-state index is -3.54. The predicted octanol–water partition coefficient (Wildman–Crippen LogP) is 0.639. The molecule has 1 aliphatic rings. The first-order chi connectivity index (χ1) is 6.52. The molecular weight excluding hydrogens is 202 g/mol. The molecule has 0 atom stereocenters. The van der Waals surface area contributed by atoms with Crippen molar-refractivity contribution in [1.82, 2.24) is 4.98 Å². The van der Waals surface area contributed by atoms with Crippen LogP contribution in [0.4, 0.5) is 5.69 Å². The first-order valence-corrected chi connectivity index (χ1v) is 5.46. The summed E-state index contributed by atoms with van der Waals surface area (Å²) in [5.74, 6) is 0.462. The maximum absolute atomic E-state index is 11.6. The molecule has 0 aliphatic carbocycles. The van der Waals surface area contributed by atoms with Gasteiger partial charge in [0.25, 0.3) is 10.0 Å². The fraction of sp³-hybridized carbons (Fsp3) is 0.250. The number of nitrogens with zero attached hydrogens (tertiary/aromatic N) is 3. The average Bonchev–Trinajstić information content (AvgIpc) is 2.14. The lowest BCUT2D eigenvalue weighted by atomic mass is 10.3. The first kappa shape index (κ1) is 9.14. The van der Waals surface area contributed by atoms with Crippen molar-refractivity contribution in [3.05, 3.63) is 18.5 Å². The molecule has 14 heavy (non-hydrogen) atoms. The molecule has 0 fully saturated rings. The van der Waals surface area contributed by atoms with Crippen LogP contribution in [0.25, 0.3) is 0 Å².